The van der Waals surface area contributed by atoms with E-state index in [4.69, 9.17) is 0 Å². The molecule has 9 heteroatoms. The van der Waals surface area contributed by atoms with Crippen molar-refractivity contribution in [2.75, 3.05) is 22.2 Å². The maximum absolute atomic E-state index is 13.0. The molecule has 0 fully saturated rings. The van der Waals surface area contributed by atoms with Gasteiger partial charge in [0, 0.05) is 64.2 Å². The molecule has 5 rings (SSSR count). The summed E-state index contributed by atoms with van der Waals surface area (Å²) in [5, 5.41) is 10.2. The Kier molecular flexibility index (Phi) is 6.53. The average molecular weight is 510 g/mol. The Morgan fingerprint density at radius 3 is 2.24 bits per heavy atom. The van der Waals surface area contributed by atoms with Gasteiger partial charge >= 0.3 is 0 Å². The standard InChI is InChI=1S/C28H23N5O3S/c1-37(35,36)24-8-9-26-25(18-24)27(12-15-30-26)32-21-5-2-4-19(16-21)28(34)33-23-7-3-6-22(17-23)31-20-10-13-29-14-11-20/h2-18H,1H3,(H,29,31)(H,30,32)(H,33,34). The highest BCUT2D eigenvalue weighted by Crippen LogP contribution is 2.28. The first-order valence-electron chi connectivity index (χ1n) is 11.4. The van der Waals surface area contributed by atoms with Crippen molar-refractivity contribution in [1.82, 2.24) is 9.97 Å². The number of carbonyl (C=O) groups is 1. The van der Waals surface area contributed by atoms with Gasteiger partial charge in [-0.15, -0.1) is 0 Å². The number of fused-ring (bicyclic) bond motifs is 1. The lowest BCUT2D eigenvalue weighted by molar-refractivity contribution is 0.102. The Morgan fingerprint density at radius 1 is 0.730 bits per heavy atom. The lowest BCUT2D eigenvalue weighted by Crippen LogP contribution is -2.12. The number of nitrogens with one attached hydrogen (secondary N) is 3. The Bertz CT molecular complexity index is 1710. The number of hydrogen-bond donors (Lipinski definition) is 3. The highest BCUT2D eigenvalue weighted by molar-refractivity contribution is 7.90. The van der Waals surface area contributed by atoms with E-state index >= 15 is 0 Å². The molecule has 0 bridgehead atoms. The smallest absolute Gasteiger partial charge is 0.255 e. The molecule has 0 spiro atoms. The van der Waals surface area contributed by atoms with E-state index in [1.165, 1.54) is 6.26 Å². The fraction of sp³-hybridized carbons (Fsp3) is 0.0357. The third kappa shape index (κ3) is 5.74. The first-order chi connectivity index (χ1) is 17.8. The van der Waals surface area contributed by atoms with E-state index in [0.29, 0.717) is 33.5 Å². The van der Waals surface area contributed by atoms with E-state index in [2.05, 4.69) is 25.9 Å². The van der Waals surface area contributed by atoms with Crippen molar-refractivity contribution in [3.05, 3.63) is 109 Å². The largest absolute Gasteiger partial charge is 0.355 e. The van der Waals surface area contributed by atoms with Crippen LogP contribution in [-0.2, 0) is 9.84 Å². The van der Waals surface area contributed by atoms with Gasteiger partial charge in [-0.25, -0.2) is 8.42 Å². The summed E-state index contributed by atoms with van der Waals surface area (Å²) in [5.41, 5.74) is 4.86. The van der Waals surface area contributed by atoms with Crippen molar-refractivity contribution in [2.45, 2.75) is 4.90 Å². The fourth-order valence-corrected chi connectivity index (χ4v) is 4.49. The molecule has 1 amide bonds. The lowest BCUT2D eigenvalue weighted by atomic mass is 10.1. The van der Waals surface area contributed by atoms with Crippen LogP contribution in [0.15, 0.2) is 108 Å². The molecule has 2 aromatic heterocycles. The van der Waals surface area contributed by atoms with Crippen molar-refractivity contribution in [2.24, 2.45) is 0 Å². The van der Waals surface area contributed by atoms with E-state index in [1.54, 1.807) is 61.1 Å². The number of anilines is 5. The summed E-state index contributed by atoms with van der Waals surface area (Å²) in [5.74, 6) is -0.260. The molecule has 0 atom stereocenters. The highest BCUT2D eigenvalue weighted by Gasteiger charge is 2.12. The molecule has 0 aliphatic rings. The van der Waals surface area contributed by atoms with E-state index in [0.717, 1.165) is 11.4 Å². The molecule has 2 heterocycles. The van der Waals surface area contributed by atoms with Gasteiger partial charge in [0.05, 0.1) is 10.4 Å². The molecule has 0 aliphatic carbocycles. The molecule has 0 aliphatic heterocycles. The van der Waals surface area contributed by atoms with Crippen LogP contribution in [0.3, 0.4) is 0 Å². The maximum Gasteiger partial charge on any atom is 0.255 e. The third-order valence-electron chi connectivity index (χ3n) is 5.63. The second kappa shape index (κ2) is 10.1. The molecular weight excluding hydrogens is 486 g/mol. The van der Waals surface area contributed by atoms with Crippen LogP contribution < -0.4 is 16.0 Å². The summed E-state index contributed by atoms with van der Waals surface area (Å²) >= 11 is 0. The first-order valence-corrected chi connectivity index (χ1v) is 13.3. The number of benzene rings is 3. The molecule has 8 nitrogen and oxygen atoms in total. The van der Waals surface area contributed by atoms with Gasteiger partial charge in [0.15, 0.2) is 9.84 Å². The van der Waals surface area contributed by atoms with Gasteiger partial charge in [-0.1, -0.05) is 12.1 Å². The predicted octanol–water partition coefficient (Wildman–Crippen LogP) is 5.77. The molecule has 0 unspecified atom stereocenters. The summed E-state index contributed by atoms with van der Waals surface area (Å²) in [7, 11) is -3.37. The molecule has 0 saturated carbocycles. The number of carbonyl (C=O) groups excluding carboxylic acids is 1. The number of pyridine rings is 2. The van der Waals surface area contributed by atoms with Gasteiger partial charge in [0.2, 0.25) is 0 Å². The van der Waals surface area contributed by atoms with Crippen LogP contribution in [0.5, 0.6) is 0 Å². The summed E-state index contributed by atoms with van der Waals surface area (Å²) < 4.78 is 24.1. The zero-order valence-electron chi connectivity index (χ0n) is 19.8. The minimum absolute atomic E-state index is 0.213. The minimum Gasteiger partial charge on any atom is -0.355 e. The van der Waals surface area contributed by atoms with Crippen molar-refractivity contribution < 1.29 is 13.2 Å². The van der Waals surface area contributed by atoms with E-state index in [-0.39, 0.29) is 10.8 Å². The molecule has 3 N–H and O–H groups in total. The lowest BCUT2D eigenvalue weighted by Gasteiger charge is -2.12. The van der Waals surface area contributed by atoms with E-state index < -0.39 is 9.84 Å². The topological polar surface area (TPSA) is 113 Å². The van der Waals surface area contributed by atoms with Gasteiger partial charge in [-0.2, -0.15) is 0 Å². The van der Waals surface area contributed by atoms with E-state index in [1.807, 2.05) is 42.5 Å². The Hall–Kier alpha value is -4.76. The summed E-state index contributed by atoms with van der Waals surface area (Å²) in [6.07, 6.45) is 6.22. The highest BCUT2D eigenvalue weighted by atomic mass is 32.2. The van der Waals surface area contributed by atoms with Crippen LogP contribution in [-0.4, -0.2) is 30.5 Å². The Morgan fingerprint density at radius 2 is 1.46 bits per heavy atom. The van der Waals surface area contributed by atoms with Crippen LogP contribution in [0.25, 0.3) is 10.9 Å². The van der Waals surface area contributed by atoms with Gasteiger partial charge in [0.1, 0.15) is 0 Å². The Balaban J connectivity index is 1.35. The van der Waals surface area contributed by atoms with Gasteiger partial charge in [0.25, 0.3) is 5.91 Å². The number of rotatable bonds is 7. The molecule has 5 aromatic rings. The van der Waals surface area contributed by atoms with Crippen LogP contribution in [0.1, 0.15) is 10.4 Å². The van der Waals surface area contributed by atoms with E-state index in [9.17, 15) is 13.2 Å². The van der Waals surface area contributed by atoms with Crippen molar-refractivity contribution in [3.8, 4) is 0 Å². The van der Waals surface area contributed by atoms with Crippen LogP contribution >= 0.6 is 0 Å². The number of amides is 1. The average Bonchev–Trinajstić information content (AvgIpc) is 2.89. The second-order valence-corrected chi connectivity index (χ2v) is 10.4. The van der Waals surface area contributed by atoms with Gasteiger partial charge in [-0.3, -0.25) is 14.8 Å². The second-order valence-electron chi connectivity index (χ2n) is 8.41. The molecule has 0 saturated heterocycles. The van der Waals surface area contributed by atoms with Crippen LogP contribution in [0.2, 0.25) is 0 Å². The molecule has 3 aromatic carbocycles. The SMILES string of the molecule is CS(=O)(=O)c1ccc2nccc(Nc3cccc(C(=O)Nc4cccc(Nc5ccncc5)c4)c3)c2c1. The first kappa shape index (κ1) is 24.0. The maximum atomic E-state index is 13.0. The third-order valence-corrected chi connectivity index (χ3v) is 6.74. The molecule has 184 valence electrons. The van der Waals surface area contributed by atoms with Gasteiger partial charge < -0.3 is 16.0 Å². The summed E-state index contributed by atoms with van der Waals surface area (Å²) in [6.45, 7) is 0. The molecular formula is C28H23N5O3S. The predicted molar refractivity (Wildman–Crippen MR) is 146 cm³/mol. The molecule has 37 heavy (non-hydrogen) atoms. The monoisotopic (exact) mass is 509 g/mol. The molecule has 0 radical (unpaired) electrons. The zero-order valence-corrected chi connectivity index (χ0v) is 20.7. The quantitative estimate of drug-likeness (QED) is 0.255. The van der Waals surface area contributed by atoms with Gasteiger partial charge in [-0.05, 0) is 72.8 Å². The summed E-state index contributed by atoms with van der Waals surface area (Å²) in [4.78, 5) is 21.6. The fourth-order valence-electron chi connectivity index (χ4n) is 3.84. The number of nitrogens with zero attached hydrogens (tertiary/aromatic N) is 2. The Labute approximate surface area is 214 Å². The zero-order chi connectivity index (χ0) is 25.8. The normalized spacial score (nSPS) is 11.2. The summed E-state index contributed by atoms with van der Waals surface area (Å²) in [6, 6.07) is 24.8. The van der Waals surface area contributed by atoms with Crippen LogP contribution in [0.4, 0.5) is 28.4 Å². The number of hydrogen-bond acceptors (Lipinski definition) is 7. The van der Waals surface area contributed by atoms with Crippen molar-refractivity contribution in [3.63, 3.8) is 0 Å². The number of sulfone groups is 1. The number of aromatic nitrogens is 2. The van der Waals surface area contributed by atoms with Crippen LogP contribution in [0, 0.1) is 0 Å². The van der Waals surface area contributed by atoms with Crippen molar-refractivity contribution >= 4 is 55.1 Å². The minimum atomic E-state index is -3.37. The van der Waals surface area contributed by atoms with Crippen molar-refractivity contribution in [1.29, 1.82) is 0 Å².